The lowest BCUT2D eigenvalue weighted by Crippen LogP contribution is -2.27. The third-order valence-electron chi connectivity index (χ3n) is 3.55. The van der Waals surface area contributed by atoms with Gasteiger partial charge in [0.25, 0.3) is 0 Å². The molecule has 1 heterocycles. The minimum Gasteiger partial charge on any atom is -0.495 e. The van der Waals surface area contributed by atoms with Crippen molar-refractivity contribution < 1.29 is 23.8 Å². The van der Waals surface area contributed by atoms with E-state index in [1.807, 2.05) is 19.1 Å². The molecule has 0 spiro atoms. The number of rotatable bonds is 4. The van der Waals surface area contributed by atoms with Crippen molar-refractivity contribution in [1.82, 2.24) is 0 Å². The molecule has 0 atom stereocenters. The van der Waals surface area contributed by atoms with Gasteiger partial charge in [0.15, 0.2) is 0 Å². The minimum atomic E-state index is -0.656. The number of anilines is 1. The molecule has 2 rings (SSSR count). The number of hydrogen-bond acceptors (Lipinski definition) is 6. The number of methoxy groups -OCH3 is 3. The number of hydrogen-bond donors (Lipinski definition) is 0. The van der Waals surface area contributed by atoms with E-state index in [1.54, 1.807) is 36.4 Å². The van der Waals surface area contributed by atoms with Crippen LogP contribution in [0, 0.1) is 6.92 Å². The van der Waals surface area contributed by atoms with Gasteiger partial charge >= 0.3 is 11.9 Å². The summed E-state index contributed by atoms with van der Waals surface area (Å²) in [6.45, 7) is 1.89. The molecule has 126 valence electrons. The first-order chi connectivity index (χ1) is 11.5. The second-order valence-electron chi connectivity index (χ2n) is 4.94. The Morgan fingerprint density at radius 2 is 1.71 bits per heavy atom. The highest BCUT2D eigenvalue weighted by Crippen LogP contribution is 2.36. The number of esters is 2. The van der Waals surface area contributed by atoms with Crippen LogP contribution in [0.3, 0.4) is 0 Å². The van der Waals surface area contributed by atoms with Crippen LogP contribution in [0.15, 0.2) is 53.9 Å². The van der Waals surface area contributed by atoms with Crippen molar-refractivity contribution in [3.63, 3.8) is 0 Å². The SMILES string of the molecule is COC(=O)C1=C(C(=O)OC)N(c2c(C)cccc2OC)C=CC=C1. The monoisotopic (exact) mass is 329 g/mol. The molecule has 6 heteroatoms. The minimum absolute atomic E-state index is 0.0574. The van der Waals surface area contributed by atoms with Crippen molar-refractivity contribution in [1.29, 1.82) is 0 Å². The van der Waals surface area contributed by atoms with Gasteiger partial charge in [0, 0.05) is 6.20 Å². The molecule has 1 aromatic rings. The van der Waals surface area contributed by atoms with Crippen LogP contribution in [0.2, 0.25) is 0 Å². The lowest BCUT2D eigenvalue weighted by molar-refractivity contribution is -0.139. The number of benzene rings is 1. The molecule has 0 unspecified atom stereocenters. The fraction of sp³-hybridized carbons (Fsp3) is 0.222. The second kappa shape index (κ2) is 7.50. The Morgan fingerprint density at radius 3 is 2.33 bits per heavy atom. The third kappa shape index (κ3) is 3.17. The van der Waals surface area contributed by atoms with E-state index in [0.29, 0.717) is 11.4 Å². The maximum Gasteiger partial charge on any atom is 0.355 e. The fourth-order valence-corrected chi connectivity index (χ4v) is 2.44. The number of carbonyl (C=O) groups is 2. The normalized spacial score (nSPS) is 13.6. The molecule has 24 heavy (non-hydrogen) atoms. The van der Waals surface area contributed by atoms with Crippen LogP contribution >= 0.6 is 0 Å². The van der Waals surface area contributed by atoms with Gasteiger partial charge in [-0.25, -0.2) is 9.59 Å². The van der Waals surface area contributed by atoms with E-state index in [1.165, 1.54) is 20.3 Å². The van der Waals surface area contributed by atoms with Crippen molar-refractivity contribution in [3.8, 4) is 5.75 Å². The summed E-state index contributed by atoms with van der Waals surface area (Å²) in [7, 11) is 4.06. The Bertz CT molecular complexity index is 746. The van der Waals surface area contributed by atoms with Crippen LogP contribution < -0.4 is 9.64 Å². The van der Waals surface area contributed by atoms with Gasteiger partial charge < -0.3 is 19.1 Å². The highest BCUT2D eigenvalue weighted by molar-refractivity contribution is 6.05. The molecule has 0 radical (unpaired) electrons. The Balaban J connectivity index is 2.76. The maximum absolute atomic E-state index is 12.4. The molecule has 6 nitrogen and oxygen atoms in total. The number of aryl methyl sites for hydroxylation is 1. The topological polar surface area (TPSA) is 65.1 Å². The quantitative estimate of drug-likeness (QED) is 0.791. The first-order valence-corrected chi connectivity index (χ1v) is 7.23. The predicted octanol–water partition coefficient (Wildman–Crippen LogP) is 2.49. The highest BCUT2D eigenvalue weighted by atomic mass is 16.5. The molecule has 1 aromatic carbocycles. The van der Waals surface area contributed by atoms with Crippen LogP contribution in [-0.2, 0) is 19.1 Å². The standard InChI is InChI=1S/C18H19NO5/c1-12-8-7-10-14(22-2)15(12)19-11-6-5-9-13(17(20)23-3)16(19)18(21)24-4/h5-11H,1-4H3. The number of nitrogens with zero attached hydrogens (tertiary/aromatic N) is 1. The largest absolute Gasteiger partial charge is 0.495 e. The van der Waals surface area contributed by atoms with Gasteiger partial charge in [-0.15, -0.1) is 0 Å². The zero-order valence-corrected chi connectivity index (χ0v) is 14.0. The van der Waals surface area contributed by atoms with Crippen LogP contribution in [0.4, 0.5) is 5.69 Å². The number of allylic oxidation sites excluding steroid dienone is 2. The lowest BCUT2D eigenvalue weighted by atomic mass is 10.1. The van der Waals surface area contributed by atoms with E-state index in [4.69, 9.17) is 14.2 Å². The van der Waals surface area contributed by atoms with E-state index in [9.17, 15) is 9.59 Å². The number of ether oxygens (including phenoxy) is 3. The average molecular weight is 329 g/mol. The maximum atomic E-state index is 12.4. The molecule has 0 saturated carbocycles. The van der Waals surface area contributed by atoms with Gasteiger partial charge in [-0.05, 0) is 30.7 Å². The van der Waals surface area contributed by atoms with Crippen molar-refractivity contribution in [2.75, 3.05) is 26.2 Å². The third-order valence-corrected chi connectivity index (χ3v) is 3.55. The molecular formula is C18H19NO5. The van der Waals surface area contributed by atoms with E-state index >= 15 is 0 Å². The Morgan fingerprint density at radius 1 is 1.00 bits per heavy atom. The fourth-order valence-electron chi connectivity index (χ4n) is 2.44. The second-order valence-corrected chi connectivity index (χ2v) is 4.94. The molecule has 1 aliphatic heterocycles. The van der Waals surface area contributed by atoms with Crippen LogP contribution in [0.5, 0.6) is 5.75 Å². The zero-order chi connectivity index (χ0) is 17.7. The van der Waals surface area contributed by atoms with Gasteiger partial charge in [-0.2, -0.15) is 0 Å². The van der Waals surface area contributed by atoms with Crippen molar-refractivity contribution in [3.05, 3.63) is 59.5 Å². The summed E-state index contributed by atoms with van der Waals surface area (Å²) in [5.74, 6) is -0.725. The smallest absolute Gasteiger partial charge is 0.355 e. The number of carbonyl (C=O) groups excluding carboxylic acids is 2. The van der Waals surface area contributed by atoms with Crippen molar-refractivity contribution >= 4 is 17.6 Å². The average Bonchev–Trinajstić information content (AvgIpc) is 2.82. The first-order valence-electron chi connectivity index (χ1n) is 7.23. The molecule has 0 bridgehead atoms. The van der Waals surface area contributed by atoms with Crippen LogP contribution in [0.1, 0.15) is 5.56 Å². The summed E-state index contributed by atoms with van der Waals surface area (Å²) in [6, 6.07) is 5.51. The molecule has 0 amide bonds. The van der Waals surface area contributed by atoms with Crippen LogP contribution in [0.25, 0.3) is 0 Å². The molecule has 0 aromatic heterocycles. The van der Waals surface area contributed by atoms with Gasteiger partial charge in [0.2, 0.25) is 0 Å². The zero-order valence-electron chi connectivity index (χ0n) is 14.0. The predicted molar refractivity (Wildman–Crippen MR) is 89.5 cm³/mol. The van der Waals surface area contributed by atoms with Crippen molar-refractivity contribution in [2.24, 2.45) is 0 Å². The van der Waals surface area contributed by atoms with Gasteiger partial charge in [-0.3, -0.25) is 0 Å². The molecular weight excluding hydrogens is 310 g/mol. The Hall–Kier alpha value is -3.02. The summed E-state index contributed by atoms with van der Waals surface area (Å²) in [5.41, 5.74) is 1.66. The molecule has 0 aliphatic carbocycles. The van der Waals surface area contributed by atoms with Gasteiger partial charge in [-0.1, -0.05) is 18.2 Å². The molecule has 0 fully saturated rings. The van der Waals surface area contributed by atoms with E-state index < -0.39 is 11.9 Å². The van der Waals surface area contributed by atoms with Crippen LogP contribution in [-0.4, -0.2) is 33.3 Å². The molecule has 0 N–H and O–H groups in total. The molecule has 0 saturated heterocycles. The Kier molecular flexibility index (Phi) is 5.42. The van der Waals surface area contributed by atoms with Gasteiger partial charge in [0.05, 0.1) is 32.6 Å². The van der Waals surface area contributed by atoms with E-state index in [0.717, 1.165) is 5.56 Å². The summed E-state index contributed by atoms with van der Waals surface area (Å²) < 4.78 is 15.1. The molecule has 1 aliphatic rings. The van der Waals surface area contributed by atoms with Gasteiger partial charge in [0.1, 0.15) is 11.4 Å². The lowest BCUT2D eigenvalue weighted by Gasteiger charge is -2.26. The summed E-state index contributed by atoms with van der Waals surface area (Å²) in [5, 5.41) is 0. The van der Waals surface area contributed by atoms with E-state index in [-0.39, 0.29) is 11.3 Å². The highest BCUT2D eigenvalue weighted by Gasteiger charge is 2.29. The Labute approximate surface area is 140 Å². The number of para-hydroxylation sites is 1. The van der Waals surface area contributed by atoms with Crippen molar-refractivity contribution in [2.45, 2.75) is 6.92 Å². The van der Waals surface area contributed by atoms with E-state index in [2.05, 4.69) is 0 Å². The summed E-state index contributed by atoms with van der Waals surface area (Å²) in [4.78, 5) is 26.1. The summed E-state index contributed by atoms with van der Waals surface area (Å²) >= 11 is 0. The first kappa shape index (κ1) is 17.3. The summed E-state index contributed by atoms with van der Waals surface area (Å²) in [6.07, 6.45) is 6.55.